The maximum atomic E-state index is 13.4. The normalized spacial score (nSPS) is 16.4. The van der Waals surface area contributed by atoms with Gasteiger partial charge in [-0.2, -0.15) is 0 Å². The largest absolute Gasteiger partial charge is 0.507 e. The third kappa shape index (κ3) is 5.95. The van der Waals surface area contributed by atoms with Crippen LogP contribution in [-0.2, 0) is 20.9 Å². The van der Waals surface area contributed by atoms with Crippen molar-refractivity contribution in [2.24, 2.45) is 5.92 Å². The van der Waals surface area contributed by atoms with Gasteiger partial charge in [0.05, 0.1) is 38.0 Å². The highest BCUT2D eigenvalue weighted by molar-refractivity contribution is 6.46. The smallest absolute Gasteiger partial charge is 0.337 e. The lowest BCUT2D eigenvalue weighted by molar-refractivity contribution is -0.140. The van der Waals surface area contributed by atoms with Gasteiger partial charge in [0, 0.05) is 12.1 Å². The molecular weight excluding hydrogens is 498 g/mol. The number of rotatable bonds is 9. The van der Waals surface area contributed by atoms with Crippen LogP contribution in [0.2, 0.25) is 0 Å². The van der Waals surface area contributed by atoms with Gasteiger partial charge in [-0.3, -0.25) is 9.59 Å². The molecule has 1 amide bonds. The van der Waals surface area contributed by atoms with Crippen LogP contribution >= 0.6 is 0 Å². The van der Waals surface area contributed by atoms with Crippen molar-refractivity contribution in [1.29, 1.82) is 0 Å². The van der Waals surface area contributed by atoms with Crippen molar-refractivity contribution < 1.29 is 33.7 Å². The van der Waals surface area contributed by atoms with Gasteiger partial charge in [-0.05, 0) is 53.4 Å². The number of carbonyl (C=O) groups excluding carboxylic acids is 3. The Hall–Kier alpha value is -4.59. The summed E-state index contributed by atoms with van der Waals surface area (Å²) in [5.74, 6) is -0.899. The number of esters is 1. The van der Waals surface area contributed by atoms with Crippen LogP contribution in [0.5, 0.6) is 11.5 Å². The Morgan fingerprint density at radius 3 is 2.28 bits per heavy atom. The van der Waals surface area contributed by atoms with E-state index >= 15 is 0 Å². The SMILES string of the molecule is COC(=O)c1ccc(CN2C(=O)C(=O)/C(=C(/O)c3cccc(OCC(C)C)c3)C2c2cccc(OC)c2)cc1. The molecule has 1 atom stereocenters. The fourth-order valence-corrected chi connectivity index (χ4v) is 4.41. The van der Waals surface area contributed by atoms with E-state index in [0.717, 1.165) is 0 Å². The molecule has 3 aromatic carbocycles. The molecule has 0 aromatic heterocycles. The molecule has 8 nitrogen and oxygen atoms in total. The van der Waals surface area contributed by atoms with Crippen molar-refractivity contribution >= 4 is 23.4 Å². The van der Waals surface area contributed by atoms with Crippen molar-refractivity contribution in [3.8, 4) is 11.5 Å². The number of methoxy groups -OCH3 is 2. The molecule has 1 N–H and O–H groups in total. The number of hydrogen-bond acceptors (Lipinski definition) is 7. The predicted molar refractivity (Wildman–Crippen MR) is 145 cm³/mol. The Kier molecular flexibility index (Phi) is 8.34. The Balaban J connectivity index is 1.78. The van der Waals surface area contributed by atoms with E-state index in [1.807, 2.05) is 13.8 Å². The van der Waals surface area contributed by atoms with Crippen molar-refractivity contribution in [2.45, 2.75) is 26.4 Å². The van der Waals surface area contributed by atoms with E-state index in [9.17, 15) is 19.5 Å². The van der Waals surface area contributed by atoms with Gasteiger partial charge in [0.2, 0.25) is 0 Å². The minimum absolute atomic E-state index is 0.0274. The summed E-state index contributed by atoms with van der Waals surface area (Å²) in [4.78, 5) is 40.0. The van der Waals surface area contributed by atoms with Crippen molar-refractivity contribution in [3.05, 3.63) is 101 Å². The predicted octanol–water partition coefficient (Wildman–Crippen LogP) is 5.14. The van der Waals surface area contributed by atoms with Gasteiger partial charge in [-0.15, -0.1) is 0 Å². The Bertz CT molecular complexity index is 1410. The third-order valence-electron chi connectivity index (χ3n) is 6.37. The second kappa shape index (κ2) is 11.9. The number of aliphatic hydroxyl groups is 1. The summed E-state index contributed by atoms with van der Waals surface area (Å²) in [7, 11) is 2.83. The van der Waals surface area contributed by atoms with E-state index in [4.69, 9.17) is 14.2 Å². The first-order valence-corrected chi connectivity index (χ1v) is 12.6. The second-order valence-electron chi connectivity index (χ2n) is 9.62. The van der Waals surface area contributed by atoms with Crippen molar-refractivity contribution in [1.82, 2.24) is 4.90 Å². The van der Waals surface area contributed by atoms with Gasteiger partial charge in [-0.1, -0.05) is 50.2 Å². The van der Waals surface area contributed by atoms with Crippen LogP contribution in [0.25, 0.3) is 5.76 Å². The highest BCUT2D eigenvalue weighted by atomic mass is 16.5. The number of likely N-dealkylation sites (tertiary alicyclic amines) is 1. The van der Waals surface area contributed by atoms with Crippen molar-refractivity contribution in [3.63, 3.8) is 0 Å². The number of carbonyl (C=O) groups is 3. The Morgan fingerprint density at radius 2 is 1.62 bits per heavy atom. The van der Waals surface area contributed by atoms with Crippen LogP contribution in [0.3, 0.4) is 0 Å². The standard InChI is InChI=1S/C31H31NO7/c1-19(2)18-39-25-10-6-8-23(16-25)28(33)26-27(22-7-5-9-24(15-22)37-3)32(30(35)29(26)34)17-20-11-13-21(14-12-20)31(36)38-4/h5-16,19,27,33H,17-18H2,1-4H3/b28-26+. The monoisotopic (exact) mass is 529 g/mol. The first-order valence-electron chi connectivity index (χ1n) is 12.6. The first kappa shape index (κ1) is 27.4. The number of amides is 1. The van der Waals surface area contributed by atoms with Crippen LogP contribution in [0.1, 0.15) is 46.9 Å². The molecule has 39 heavy (non-hydrogen) atoms. The molecule has 0 spiro atoms. The van der Waals surface area contributed by atoms with Gasteiger partial charge < -0.3 is 24.2 Å². The average molecular weight is 530 g/mol. The Labute approximate surface area is 227 Å². The van der Waals surface area contributed by atoms with Crippen LogP contribution < -0.4 is 9.47 Å². The zero-order valence-electron chi connectivity index (χ0n) is 22.3. The van der Waals surface area contributed by atoms with Gasteiger partial charge in [0.15, 0.2) is 0 Å². The fraction of sp³-hybridized carbons (Fsp3) is 0.258. The topological polar surface area (TPSA) is 102 Å². The summed E-state index contributed by atoms with van der Waals surface area (Å²) in [6, 6.07) is 19.6. The van der Waals surface area contributed by atoms with Crippen LogP contribution in [0.4, 0.5) is 0 Å². The van der Waals surface area contributed by atoms with Gasteiger partial charge >= 0.3 is 5.97 Å². The average Bonchev–Trinajstić information content (AvgIpc) is 3.20. The number of benzene rings is 3. The molecule has 1 aliphatic heterocycles. The van der Waals surface area contributed by atoms with E-state index in [1.54, 1.807) is 72.8 Å². The van der Waals surface area contributed by atoms with E-state index < -0.39 is 23.7 Å². The number of ketones is 1. The van der Waals surface area contributed by atoms with Gasteiger partial charge in [-0.25, -0.2) is 4.79 Å². The summed E-state index contributed by atoms with van der Waals surface area (Å²) < 4.78 is 15.9. The maximum Gasteiger partial charge on any atom is 0.337 e. The molecule has 0 radical (unpaired) electrons. The van der Waals surface area contributed by atoms with Gasteiger partial charge in [0.1, 0.15) is 17.3 Å². The van der Waals surface area contributed by atoms with Crippen LogP contribution in [0, 0.1) is 5.92 Å². The van der Waals surface area contributed by atoms with E-state index in [2.05, 4.69) is 0 Å². The number of hydrogen-bond donors (Lipinski definition) is 1. The van der Waals surface area contributed by atoms with Crippen LogP contribution in [-0.4, -0.2) is 48.5 Å². The molecule has 202 valence electrons. The molecule has 8 heteroatoms. The van der Waals surface area contributed by atoms with E-state index in [1.165, 1.54) is 19.1 Å². The summed E-state index contributed by atoms with van der Waals surface area (Å²) in [6.07, 6.45) is 0. The lowest BCUT2D eigenvalue weighted by Crippen LogP contribution is -2.29. The zero-order chi connectivity index (χ0) is 28.1. The number of Topliss-reactive ketones (excluding diaryl/α,β-unsaturated/α-hetero) is 1. The first-order chi connectivity index (χ1) is 18.7. The molecule has 0 bridgehead atoms. The number of ether oxygens (including phenoxy) is 3. The molecule has 1 aliphatic rings. The molecule has 3 aromatic rings. The third-order valence-corrected chi connectivity index (χ3v) is 6.37. The lowest BCUT2D eigenvalue weighted by Gasteiger charge is -2.26. The second-order valence-corrected chi connectivity index (χ2v) is 9.62. The fourth-order valence-electron chi connectivity index (χ4n) is 4.41. The quantitative estimate of drug-likeness (QED) is 0.177. The molecular formula is C31H31NO7. The van der Waals surface area contributed by atoms with Gasteiger partial charge in [0.25, 0.3) is 11.7 Å². The Morgan fingerprint density at radius 1 is 0.923 bits per heavy atom. The highest BCUT2D eigenvalue weighted by Gasteiger charge is 2.46. The molecule has 4 rings (SSSR count). The minimum atomic E-state index is -0.874. The molecule has 0 aliphatic carbocycles. The summed E-state index contributed by atoms with van der Waals surface area (Å²) in [6.45, 7) is 4.63. The summed E-state index contributed by atoms with van der Waals surface area (Å²) >= 11 is 0. The van der Waals surface area contributed by atoms with Crippen molar-refractivity contribution in [2.75, 3.05) is 20.8 Å². The number of nitrogens with zero attached hydrogens (tertiary/aromatic N) is 1. The maximum absolute atomic E-state index is 13.4. The minimum Gasteiger partial charge on any atom is -0.507 e. The number of aliphatic hydroxyl groups excluding tert-OH is 1. The van der Waals surface area contributed by atoms with Crippen LogP contribution in [0.15, 0.2) is 78.4 Å². The zero-order valence-corrected chi connectivity index (χ0v) is 22.3. The lowest BCUT2D eigenvalue weighted by atomic mass is 9.95. The molecule has 0 saturated carbocycles. The molecule has 1 saturated heterocycles. The summed E-state index contributed by atoms with van der Waals surface area (Å²) in [5, 5.41) is 11.4. The van der Waals surface area contributed by atoms with E-state index in [0.29, 0.717) is 46.3 Å². The molecule has 1 fully saturated rings. The molecule has 1 heterocycles. The molecule has 1 unspecified atom stereocenters. The highest BCUT2D eigenvalue weighted by Crippen LogP contribution is 2.41. The summed E-state index contributed by atoms with van der Waals surface area (Å²) in [5.41, 5.74) is 2.01. The van der Waals surface area contributed by atoms with E-state index in [-0.39, 0.29) is 17.9 Å².